The number of ether oxygens (including phenoxy) is 1. The minimum atomic E-state index is -0.488. The topological polar surface area (TPSA) is 69.4 Å². The molecule has 2 N–H and O–H groups in total. The van der Waals surface area contributed by atoms with Crippen LogP contribution in [0.25, 0.3) is 0 Å². The molecule has 1 aliphatic heterocycles. The van der Waals surface area contributed by atoms with E-state index in [9.17, 15) is 9.59 Å². The molecule has 4 heteroatoms. The second-order valence-electron chi connectivity index (χ2n) is 5.86. The van der Waals surface area contributed by atoms with Crippen LogP contribution in [0.15, 0.2) is 71.7 Å². The van der Waals surface area contributed by atoms with Crippen LogP contribution in [0.1, 0.15) is 17.9 Å². The molecule has 2 atom stereocenters. The maximum absolute atomic E-state index is 12.5. The van der Waals surface area contributed by atoms with Gasteiger partial charge in [-0.05, 0) is 35.9 Å². The van der Waals surface area contributed by atoms with Crippen molar-refractivity contribution in [3.8, 4) is 0 Å². The lowest BCUT2D eigenvalue weighted by Gasteiger charge is -2.36. The minimum absolute atomic E-state index is 0.00530. The number of fused-ring (bicyclic) bond motifs is 1. The summed E-state index contributed by atoms with van der Waals surface area (Å²) in [6, 6.07) is 7.34. The highest BCUT2D eigenvalue weighted by Crippen LogP contribution is 2.47. The normalized spacial score (nSPS) is 25.7. The van der Waals surface area contributed by atoms with Gasteiger partial charge in [0.25, 0.3) is 0 Å². The van der Waals surface area contributed by atoms with Crippen molar-refractivity contribution >= 4 is 17.3 Å². The zero-order valence-corrected chi connectivity index (χ0v) is 12.4. The van der Waals surface area contributed by atoms with E-state index in [2.05, 4.69) is 0 Å². The fraction of sp³-hybridized carbons (Fsp3) is 0.158. The number of Topliss-reactive ketones (excluding diaryl/α,β-unsaturated/α-hetero) is 1. The van der Waals surface area contributed by atoms with Crippen molar-refractivity contribution in [3.05, 3.63) is 77.3 Å². The molecule has 4 rings (SSSR count). The summed E-state index contributed by atoms with van der Waals surface area (Å²) >= 11 is 0. The molecule has 0 amide bonds. The summed E-state index contributed by atoms with van der Waals surface area (Å²) in [4.78, 5) is 25.0. The van der Waals surface area contributed by atoms with E-state index in [4.69, 9.17) is 10.5 Å². The number of carbonyl (C=O) groups is 2. The van der Waals surface area contributed by atoms with Crippen molar-refractivity contribution in [2.75, 3.05) is 5.73 Å². The van der Waals surface area contributed by atoms with Gasteiger partial charge in [-0.15, -0.1) is 0 Å². The predicted molar refractivity (Wildman–Crippen MR) is 86.2 cm³/mol. The average molecular weight is 305 g/mol. The average Bonchev–Trinajstić information content (AvgIpc) is 2.54. The number of allylic oxidation sites excluding steroid dienone is 7. The second kappa shape index (κ2) is 5.09. The monoisotopic (exact) mass is 305 g/mol. The number of anilines is 1. The van der Waals surface area contributed by atoms with E-state index in [0.717, 1.165) is 5.56 Å². The van der Waals surface area contributed by atoms with Gasteiger partial charge in [0.1, 0.15) is 11.5 Å². The van der Waals surface area contributed by atoms with Crippen molar-refractivity contribution in [2.45, 2.75) is 12.3 Å². The van der Waals surface area contributed by atoms with Crippen molar-refractivity contribution in [1.82, 2.24) is 0 Å². The summed E-state index contributed by atoms with van der Waals surface area (Å²) in [6.45, 7) is 0. The smallest absolute Gasteiger partial charge is 0.167 e. The van der Waals surface area contributed by atoms with Crippen LogP contribution in [0.5, 0.6) is 0 Å². The molecule has 1 aromatic rings. The Labute approximate surface area is 133 Å². The van der Waals surface area contributed by atoms with Gasteiger partial charge < -0.3 is 10.5 Å². The number of hydrogen-bond acceptors (Lipinski definition) is 4. The van der Waals surface area contributed by atoms with Gasteiger partial charge in [0.2, 0.25) is 0 Å². The summed E-state index contributed by atoms with van der Waals surface area (Å²) in [6.07, 6.45) is 8.98. The van der Waals surface area contributed by atoms with Crippen LogP contribution in [0.2, 0.25) is 0 Å². The van der Waals surface area contributed by atoms with E-state index in [1.54, 1.807) is 30.4 Å². The molecule has 0 aromatic heterocycles. The Hall–Kier alpha value is -2.88. The highest BCUT2D eigenvalue weighted by atomic mass is 16.5. The lowest BCUT2D eigenvalue weighted by atomic mass is 9.71. The Bertz CT molecular complexity index is 825. The molecular formula is C19H15NO3. The Morgan fingerprint density at radius 1 is 1.04 bits per heavy atom. The molecule has 3 aliphatic rings. The second-order valence-corrected chi connectivity index (χ2v) is 5.86. The van der Waals surface area contributed by atoms with Crippen LogP contribution in [-0.2, 0) is 14.3 Å². The van der Waals surface area contributed by atoms with Crippen LogP contribution in [0, 0.1) is 5.92 Å². The highest BCUT2D eigenvalue weighted by Gasteiger charge is 2.44. The molecule has 0 saturated heterocycles. The van der Waals surface area contributed by atoms with E-state index in [1.165, 1.54) is 6.08 Å². The van der Waals surface area contributed by atoms with Crippen LogP contribution in [0.4, 0.5) is 5.69 Å². The SMILES string of the molecule is Nc1ccc(C2C3=C(C=CCC3=O)OC3=CC=CC(=O)C32)cc1. The largest absolute Gasteiger partial charge is 0.460 e. The Morgan fingerprint density at radius 3 is 2.61 bits per heavy atom. The van der Waals surface area contributed by atoms with Gasteiger partial charge in [0.05, 0.1) is 5.92 Å². The molecule has 0 spiro atoms. The van der Waals surface area contributed by atoms with Gasteiger partial charge in [0, 0.05) is 23.6 Å². The maximum atomic E-state index is 12.5. The first kappa shape index (κ1) is 13.8. The molecule has 1 heterocycles. The summed E-state index contributed by atoms with van der Waals surface area (Å²) in [5.74, 6) is 0.286. The Balaban J connectivity index is 1.92. The van der Waals surface area contributed by atoms with E-state index in [1.807, 2.05) is 18.2 Å². The Morgan fingerprint density at radius 2 is 1.83 bits per heavy atom. The molecule has 0 saturated carbocycles. The Kier molecular flexibility index (Phi) is 3.05. The zero-order chi connectivity index (χ0) is 16.0. The molecule has 4 nitrogen and oxygen atoms in total. The van der Waals surface area contributed by atoms with Gasteiger partial charge in [-0.1, -0.05) is 24.3 Å². The number of nitrogen functional groups attached to an aromatic ring is 1. The fourth-order valence-corrected chi connectivity index (χ4v) is 3.39. The van der Waals surface area contributed by atoms with Gasteiger partial charge in [0.15, 0.2) is 11.6 Å². The standard InChI is InChI=1S/C19H15NO3/c20-12-9-7-11(8-10-12)17-18-13(21)3-1-5-15(18)23-16-6-2-4-14(22)19(16)17/h1-3,5-10,17-18H,4,20H2. The van der Waals surface area contributed by atoms with Gasteiger partial charge in [-0.2, -0.15) is 0 Å². The summed E-state index contributed by atoms with van der Waals surface area (Å²) in [5, 5.41) is 0. The number of hydrogen-bond donors (Lipinski definition) is 1. The summed E-state index contributed by atoms with van der Waals surface area (Å²) in [5.41, 5.74) is 7.91. The molecule has 2 unspecified atom stereocenters. The number of rotatable bonds is 1. The van der Waals surface area contributed by atoms with Crippen molar-refractivity contribution in [3.63, 3.8) is 0 Å². The third kappa shape index (κ3) is 2.14. The molecule has 114 valence electrons. The zero-order valence-electron chi connectivity index (χ0n) is 12.4. The molecule has 2 aliphatic carbocycles. The van der Waals surface area contributed by atoms with E-state index in [0.29, 0.717) is 29.2 Å². The third-order valence-electron chi connectivity index (χ3n) is 4.44. The number of nitrogens with two attached hydrogens (primary N) is 1. The molecule has 0 fully saturated rings. The molecule has 1 aromatic carbocycles. The van der Waals surface area contributed by atoms with Gasteiger partial charge in [-0.25, -0.2) is 0 Å². The lowest BCUT2D eigenvalue weighted by molar-refractivity contribution is -0.119. The maximum Gasteiger partial charge on any atom is 0.167 e. The first-order valence-corrected chi connectivity index (χ1v) is 7.54. The number of carbonyl (C=O) groups excluding carboxylic acids is 2. The fourth-order valence-electron chi connectivity index (χ4n) is 3.39. The van der Waals surface area contributed by atoms with Crippen LogP contribution in [-0.4, -0.2) is 11.6 Å². The van der Waals surface area contributed by atoms with Gasteiger partial charge >= 0.3 is 0 Å². The molecule has 0 bridgehead atoms. The molecule has 23 heavy (non-hydrogen) atoms. The van der Waals surface area contributed by atoms with Crippen molar-refractivity contribution in [2.24, 2.45) is 5.92 Å². The first-order chi connectivity index (χ1) is 11.1. The van der Waals surface area contributed by atoms with E-state index in [-0.39, 0.29) is 17.5 Å². The number of benzene rings is 1. The van der Waals surface area contributed by atoms with Crippen molar-refractivity contribution in [1.29, 1.82) is 0 Å². The van der Waals surface area contributed by atoms with E-state index < -0.39 is 5.92 Å². The van der Waals surface area contributed by atoms with Crippen LogP contribution in [0.3, 0.4) is 0 Å². The van der Waals surface area contributed by atoms with Crippen molar-refractivity contribution < 1.29 is 14.3 Å². The summed E-state index contributed by atoms with van der Waals surface area (Å²) < 4.78 is 5.85. The minimum Gasteiger partial charge on any atom is -0.460 e. The van der Waals surface area contributed by atoms with Crippen LogP contribution < -0.4 is 5.73 Å². The van der Waals surface area contributed by atoms with Gasteiger partial charge in [-0.3, -0.25) is 9.59 Å². The molecule has 0 radical (unpaired) electrons. The number of ketones is 2. The predicted octanol–water partition coefficient (Wildman–Crippen LogP) is 2.80. The lowest BCUT2D eigenvalue weighted by Crippen LogP contribution is -2.34. The van der Waals surface area contributed by atoms with E-state index >= 15 is 0 Å². The van der Waals surface area contributed by atoms with Crippen LogP contribution >= 0.6 is 0 Å². The quantitative estimate of drug-likeness (QED) is 0.810. The highest BCUT2D eigenvalue weighted by molar-refractivity contribution is 6.04. The summed E-state index contributed by atoms with van der Waals surface area (Å²) in [7, 11) is 0. The third-order valence-corrected chi connectivity index (χ3v) is 4.44. The first-order valence-electron chi connectivity index (χ1n) is 7.54. The molecular weight excluding hydrogens is 290 g/mol.